The Morgan fingerprint density at radius 1 is 1.14 bits per heavy atom. The van der Waals surface area contributed by atoms with Crippen molar-refractivity contribution in [2.45, 2.75) is 26.2 Å². The Bertz CT molecular complexity index is 832. The van der Waals surface area contributed by atoms with E-state index >= 15 is 0 Å². The summed E-state index contributed by atoms with van der Waals surface area (Å²) in [4.78, 5) is 27.6. The summed E-state index contributed by atoms with van der Waals surface area (Å²) in [5.74, 6) is 0.413. The van der Waals surface area contributed by atoms with Crippen molar-refractivity contribution in [3.05, 3.63) is 65.2 Å². The molecule has 1 N–H and O–H groups in total. The zero-order chi connectivity index (χ0) is 20.1. The third-order valence-corrected chi connectivity index (χ3v) is 5.31. The van der Waals surface area contributed by atoms with Crippen molar-refractivity contribution >= 4 is 11.8 Å². The molecule has 0 unspecified atom stereocenters. The maximum absolute atomic E-state index is 13.0. The first kappa shape index (κ1) is 19.9. The molecule has 1 saturated heterocycles. The third kappa shape index (κ3) is 4.35. The number of rotatable bonds is 6. The topological polar surface area (TPSA) is 58.6 Å². The molecule has 1 aliphatic rings. The van der Waals surface area contributed by atoms with Gasteiger partial charge in [0.15, 0.2) is 0 Å². The predicted octanol–water partition coefficient (Wildman–Crippen LogP) is 3.39. The fourth-order valence-electron chi connectivity index (χ4n) is 3.70. The molecule has 1 heterocycles. The molecule has 1 aliphatic heterocycles. The van der Waals surface area contributed by atoms with Crippen molar-refractivity contribution in [2.75, 3.05) is 26.7 Å². The highest BCUT2D eigenvalue weighted by Crippen LogP contribution is 2.35. The number of ether oxygens (including phenoxy) is 1. The Kier molecular flexibility index (Phi) is 6.34. The van der Waals surface area contributed by atoms with Crippen LogP contribution in [0.3, 0.4) is 0 Å². The van der Waals surface area contributed by atoms with E-state index in [0.717, 1.165) is 23.3 Å². The molecule has 2 amide bonds. The monoisotopic (exact) mass is 380 g/mol. The molecular weight excluding hydrogens is 352 g/mol. The number of nitrogens with zero attached hydrogens (tertiary/aromatic N) is 1. The van der Waals surface area contributed by atoms with E-state index in [9.17, 15) is 9.59 Å². The maximum atomic E-state index is 13.0. The molecule has 0 aliphatic carbocycles. The molecule has 3 rings (SSSR count). The largest absolute Gasteiger partial charge is 0.497 e. The number of methoxy groups -OCH3 is 1. The van der Waals surface area contributed by atoms with E-state index in [1.54, 1.807) is 12.0 Å². The van der Waals surface area contributed by atoms with Gasteiger partial charge in [-0.05, 0) is 43.2 Å². The summed E-state index contributed by atoms with van der Waals surface area (Å²) >= 11 is 0. The Hall–Kier alpha value is -2.82. The van der Waals surface area contributed by atoms with Gasteiger partial charge in [-0.3, -0.25) is 9.59 Å². The molecule has 28 heavy (non-hydrogen) atoms. The second-order valence-electron chi connectivity index (χ2n) is 7.36. The van der Waals surface area contributed by atoms with Gasteiger partial charge < -0.3 is 15.0 Å². The van der Waals surface area contributed by atoms with Gasteiger partial charge in [0, 0.05) is 31.1 Å². The molecule has 0 saturated carbocycles. The van der Waals surface area contributed by atoms with Crippen LogP contribution in [0.5, 0.6) is 5.75 Å². The lowest BCUT2D eigenvalue weighted by Gasteiger charge is -2.18. The molecule has 0 spiro atoms. The third-order valence-electron chi connectivity index (χ3n) is 5.31. The fraction of sp³-hybridized carbons (Fsp3) is 0.391. The van der Waals surface area contributed by atoms with Crippen LogP contribution in [0.4, 0.5) is 0 Å². The molecule has 0 aromatic heterocycles. The molecule has 2 atom stereocenters. The molecule has 5 nitrogen and oxygen atoms in total. The minimum Gasteiger partial charge on any atom is -0.497 e. The summed E-state index contributed by atoms with van der Waals surface area (Å²) in [6, 6.07) is 15.4. The molecule has 2 aromatic carbocycles. The molecule has 1 fully saturated rings. The summed E-state index contributed by atoms with van der Waals surface area (Å²) in [6.07, 6.45) is 0.883. The highest BCUT2D eigenvalue weighted by Gasteiger charge is 2.40. The fourth-order valence-corrected chi connectivity index (χ4v) is 3.70. The maximum Gasteiger partial charge on any atom is 0.253 e. The average molecular weight is 380 g/mol. The van der Waals surface area contributed by atoms with E-state index in [-0.39, 0.29) is 23.7 Å². The quantitative estimate of drug-likeness (QED) is 0.836. The van der Waals surface area contributed by atoms with Crippen LogP contribution in [-0.4, -0.2) is 43.5 Å². The normalized spacial score (nSPS) is 18.8. The van der Waals surface area contributed by atoms with Crippen molar-refractivity contribution in [1.82, 2.24) is 10.2 Å². The van der Waals surface area contributed by atoms with Gasteiger partial charge in [-0.25, -0.2) is 0 Å². The first-order valence-electron chi connectivity index (χ1n) is 9.81. The standard InChI is InChI=1S/C23H28N2O3/c1-4-12-24-22(26)21-15-25(23(27)17-10-8-16(2)9-11-17)14-20(21)18-6-5-7-19(13-18)28-3/h5-11,13,20-21H,4,12,14-15H2,1-3H3,(H,24,26)/t20-,21+/m1/s1. The molecule has 0 radical (unpaired) electrons. The Morgan fingerprint density at radius 2 is 1.89 bits per heavy atom. The number of carbonyl (C=O) groups is 2. The number of carbonyl (C=O) groups excluding carboxylic acids is 2. The first-order chi connectivity index (χ1) is 13.5. The van der Waals surface area contributed by atoms with Crippen molar-refractivity contribution in [3.8, 4) is 5.75 Å². The van der Waals surface area contributed by atoms with Crippen molar-refractivity contribution < 1.29 is 14.3 Å². The lowest BCUT2D eigenvalue weighted by molar-refractivity contribution is -0.124. The van der Waals surface area contributed by atoms with Gasteiger partial charge in [0.25, 0.3) is 5.91 Å². The number of hydrogen-bond donors (Lipinski definition) is 1. The number of likely N-dealkylation sites (tertiary alicyclic amines) is 1. The zero-order valence-corrected chi connectivity index (χ0v) is 16.8. The molecule has 5 heteroatoms. The van der Waals surface area contributed by atoms with Gasteiger partial charge >= 0.3 is 0 Å². The first-order valence-corrected chi connectivity index (χ1v) is 9.81. The van der Waals surface area contributed by atoms with E-state index in [1.165, 1.54) is 0 Å². The molecule has 0 bridgehead atoms. The van der Waals surface area contributed by atoms with E-state index < -0.39 is 0 Å². The van der Waals surface area contributed by atoms with Gasteiger partial charge in [0.1, 0.15) is 5.75 Å². The van der Waals surface area contributed by atoms with E-state index in [0.29, 0.717) is 25.2 Å². The highest BCUT2D eigenvalue weighted by molar-refractivity contribution is 5.95. The summed E-state index contributed by atoms with van der Waals surface area (Å²) in [5.41, 5.74) is 2.80. The van der Waals surface area contributed by atoms with E-state index in [2.05, 4.69) is 5.32 Å². The molecule has 2 aromatic rings. The van der Waals surface area contributed by atoms with Gasteiger partial charge in [-0.15, -0.1) is 0 Å². The van der Waals surface area contributed by atoms with Crippen LogP contribution >= 0.6 is 0 Å². The smallest absolute Gasteiger partial charge is 0.253 e. The molecular formula is C23H28N2O3. The van der Waals surface area contributed by atoms with Gasteiger partial charge in [0.05, 0.1) is 13.0 Å². The van der Waals surface area contributed by atoms with Crippen molar-refractivity contribution in [2.24, 2.45) is 5.92 Å². The summed E-state index contributed by atoms with van der Waals surface area (Å²) in [5, 5.41) is 3.00. The number of amides is 2. The minimum absolute atomic E-state index is 0.00822. The van der Waals surface area contributed by atoms with Crippen LogP contribution in [0.25, 0.3) is 0 Å². The second kappa shape index (κ2) is 8.91. The summed E-state index contributed by atoms with van der Waals surface area (Å²) < 4.78 is 5.35. The van der Waals surface area contributed by atoms with Crippen LogP contribution < -0.4 is 10.1 Å². The number of aryl methyl sites for hydroxylation is 1. The van der Waals surface area contributed by atoms with Crippen LogP contribution in [0.2, 0.25) is 0 Å². The van der Waals surface area contributed by atoms with Crippen LogP contribution in [0.15, 0.2) is 48.5 Å². The summed E-state index contributed by atoms with van der Waals surface area (Å²) in [6.45, 7) is 5.61. The van der Waals surface area contributed by atoms with Crippen LogP contribution in [0, 0.1) is 12.8 Å². The zero-order valence-electron chi connectivity index (χ0n) is 16.8. The minimum atomic E-state index is -0.270. The number of nitrogens with one attached hydrogen (secondary N) is 1. The van der Waals surface area contributed by atoms with Gasteiger partial charge in [-0.1, -0.05) is 36.8 Å². The number of benzene rings is 2. The predicted molar refractivity (Wildman–Crippen MR) is 110 cm³/mol. The number of hydrogen-bond acceptors (Lipinski definition) is 3. The summed E-state index contributed by atoms with van der Waals surface area (Å²) in [7, 11) is 1.63. The average Bonchev–Trinajstić information content (AvgIpc) is 3.17. The SMILES string of the molecule is CCCNC(=O)[C@H]1CN(C(=O)c2ccc(C)cc2)C[C@@H]1c1cccc(OC)c1. The Balaban J connectivity index is 1.86. The van der Waals surface area contributed by atoms with Gasteiger partial charge in [-0.2, -0.15) is 0 Å². The van der Waals surface area contributed by atoms with Crippen LogP contribution in [-0.2, 0) is 4.79 Å². The van der Waals surface area contributed by atoms with Gasteiger partial charge in [0.2, 0.25) is 5.91 Å². The van der Waals surface area contributed by atoms with Crippen molar-refractivity contribution in [3.63, 3.8) is 0 Å². The lowest BCUT2D eigenvalue weighted by atomic mass is 9.88. The van der Waals surface area contributed by atoms with Crippen LogP contribution in [0.1, 0.15) is 40.7 Å². The highest BCUT2D eigenvalue weighted by atomic mass is 16.5. The van der Waals surface area contributed by atoms with Crippen molar-refractivity contribution in [1.29, 1.82) is 0 Å². The molecule has 148 valence electrons. The Morgan fingerprint density at radius 3 is 2.57 bits per heavy atom. The second-order valence-corrected chi connectivity index (χ2v) is 7.36. The Labute approximate surface area is 166 Å². The van der Waals surface area contributed by atoms with E-state index in [1.807, 2.05) is 62.4 Å². The van der Waals surface area contributed by atoms with E-state index in [4.69, 9.17) is 4.74 Å². The lowest BCUT2D eigenvalue weighted by Crippen LogP contribution is -2.36.